The number of piperidine rings is 1. The van der Waals surface area contributed by atoms with E-state index in [-0.39, 0.29) is 18.1 Å². The van der Waals surface area contributed by atoms with Crippen LogP contribution in [0, 0.1) is 5.92 Å². The molecule has 5 nitrogen and oxygen atoms in total. The van der Waals surface area contributed by atoms with E-state index >= 15 is 0 Å². The van der Waals surface area contributed by atoms with Gasteiger partial charge in [-0.15, -0.1) is 0 Å². The highest BCUT2D eigenvalue weighted by Crippen LogP contribution is 2.24. The first-order valence-corrected chi connectivity index (χ1v) is 8.22. The molecular weight excluding hydrogens is 254 g/mol. The predicted octanol–water partition coefficient (Wildman–Crippen LogP) is 0.778. The van der Waals surface area contributed by atoms with Crippen molar-refractivity contribution >= 4 is 15.8 Å². The van der Waals surface area contributed by atoms with Crippen LogP contribution in [0.25, 0.3) is 0 Å². The lowest BCUT2D eigenvalue weighted by Gasteiger charge is -2.32. The topological polar surface area (TPSA) is 74.7 Å². The van der Waals surface area contributed by atoms with Crippen molar-refractivity contribution in [1.29, 1.82) is 0 Å². The Hall–Kier alpha value is -0.460. The van der Waals surface area contributed by atoms with Crippen LogP contribution in [0.4, 0.5) is 0 Å². The smallest absolute Gasteiger partial charge is 0.211 e. The van der Waals surface area contributed by atoms with Gasteiger partial charge in [-0.05, 0) is 32.1 Å². The van der Waals surface area contributed by atoms with Crippen LogP contribution < -0.4 is 0 Å². The number of ketones is 1. The summed E-state index contributed by atoms with van der Waals surface area (Å²) in [5.41, 5.74) is -1.28. The first kappa shape index (κ1) is 15.6. The SMILES string of the molecule is CCC(C)(O)C(=O)CC1CCCN(S(C)(=O)=O)C1. The number of carbonyl (C=O) groups excluding carboxylic acids is 1. The highest BCUT2D eigenvalue weighted by molar-refractivity contribution is 7.88. The van der Waals surface area contributed by atoms with E-state index in [1.165, 1.54) is 17.5 Å². The minimum Gasteiger partial charge on any atom is -0.382 e. The molecule has 0 saturated carbocycles. The summed E-state index contributed by atoms with van der Waals surface area (Å²) < 4.78 is 24.4. The second-order valence-electron chi connectivity index (χ2n) is 5.38. The summed E-state index contributed by atoms with van der Waals surface area (Å²) in [5.74, 6) is -0.163. The van der Waals surface area contributed by atoms with E-state index in [9.17, 15) is 18.3 Å². The monoisotopic (exact) mass is 277 g/mol. The van der Waals surface area contributed by atoms with Gasteiger partial charge in [0.2, 0.25) is 10.0 Å². The summed E-state index contributed by atoms with van der Waals surface area (Å²) in [6.45, 7) is 4.21. The van der Waals surface area contributed by atoms with Crippen LogP contribution in [0.1, 0.15) is 39.5 Å². The number of carbonyl (C=O) groups is 1. The summed E-state index contributed by atoms with van der Waals surface area (Å²) in [6.07, 6.45) is 3.46. The Labute approximate surface area is 109 Å². The molecule has 6 heteroatoms. The molecule has 1 rings (SSSR count). The molecule has 18 heavy (non-hydrogen) atoms. The van der Waals surface area contributed by atoms with E-state index < -0.39 is 15.6 Å². The second-order valence-corrected chi connectivity index (χ2v) is 7.37. The zero-order chi connectivity index (χ0) is 14.0. The van der Waals surface area contributed by atoms with E-state index in [1.54, 1.807) is 6.92 Å². The van der Waals surface area contributed by atoms with Crippen LogP contribution in [0.15, 0.2) is 0 Å². The van der Waals surface area contributed by atoms with Crippen molar-refractivity contribution in [2.75, 3.05) is 19.3 Å². The summed E-state index contributed by atoms with van der Waals surface area (Å²) in [7, 11) is -3.18. The molecule has 0 amide bonds. The third kappa shape index (κ3) is 4.03. The summed E-state index contributed by atoms with van der Waals surface area (Å²) >= 11 is 0. The molecule has 1 heterocycles. The van der Waals surface area contributed by atoms with Gasteiger partial charge in [-0.3, -0.25) is 4.79 Å². The molecule has 1 N–H and O–H groups in total. The van der Waals surface area contributed by atoms with Crippen molar-refractivity contribution in [3.63, 3.8) is 0 Å². The third-order valence-corrected chi connectivity index (χ3v) is 4.98. The molecule has 0 aliphatic carbocycles. The first-order chi connectivity index (χ1) is 8.16. The van der Waals surface area contributed by atoms with Crippen molar-refractivity contribution in [2.24, 2.45) is 5.92 Å². The summed E-state index contributed by atoms with van der Waals surface area (Å²) in [6, 6.07) is 0. The molecule has 1 aliphatic heterocycles. The average molecular weight is 277 g/mol. The molecule has 0 bridgehead atoms. The van der Waals surface area contributed by atoms with Crippen LogP contribution >= 0.6 is 0 Å². The number of aliphatic hydroxyl groups is 1. The first-order valence-electron chi connectivity index (χ1n) is 6.37. The second kappa shape index (κ2) is 5.67. The van der Waals surface area contributed by atoms with Gasteiger partial charge in [-0.1, -0.05) is 6.92 Å². The highest BCUT2D eigenvalue weighted by atomic mass is 32.2. The number of rotatable bonds is 5. The maximum absolute atomic E-state index is 11.9. The van der Waals surface area contributed by atoms with Gasteiger partial charge in [0, 0.05) is 19.5 Å². The van der Waals surface area contributed by atoms with E-state index in [0.717, 1.165) is 12.8 Å². The van der Waals surface area contributed by atoms with Crippen LogP contribution in [0.5, 0.6) is 0 Å². The molecule has 1 aliphatic rings. The molecule has 0 radical (unpaired) electrons. The maximum atomic E-state index is 11.9. The van der Waals surface area contributed by atoms with Crippen molar-refractivity contribution in [2.45, 2.75) is 45.1 Å². The highest BCUT2D eigenvalue weighted by Gasteiger charge is 2.33. The zero-order valence-electron chi connectivity index (χ0n) is 11.3. The van der Waals surface area contributed by atoms with Crippen LogP contribution in [0.3, 0.4) is 0 Å². The largest absolute Gasteiger partial charge is 0.382 e. The van der Waals surface area contributed by atoms with Gasteiger partial charge in [0.15, 0.2) is 5.78 Å². The predicted molar refractivity (Wildman–Crippen MR) is 69.7 cm³/mol. The van der Waals surface area contributed by atoms with Gasteiger partial charge in [-0.2, -0.15) is 0 Å². The standard InChI is InChI=1S/C12H23NO4S/c1-4-12(2,15)11(14)8-10-6-5-7-13(9-10)18(3,16)17/h10,15H,4-9H2,1-3H3. The Balaban J connectivity index is 2.61. The van der Waals surface area contributed by atoms with Crippen LogP contribution in [0.2, 0.25) is 0 Å². The lowest BCUT2D eigenvalue weighted by atomic mass is 9.87. The van der Waals surface area contributed by atoms with E-state index in [0.29, 0.717) is 19.5 Å². The quantitative estimate of drug-likeness (QED) is 0.806. The van der Waals surface area contributed by atoms with E-state index in [4.69, 9.17) is 0 Å². The fraction of sp³-hybridized carbons (Fsp3) is 0.917. The number of hydrogen-bond donors (Lipinski definition) is 1. The molecular formula is C12H23NO4S. The Bertz CT molecular complexity index is 402. The number of Topliss-reactive ketones (excluding diaryl/α,β-unsaturated/α-hetero) is 1. The average Bonchev–Trinajstić information content (AvgIpc) is 2.28. The Morgan fingerprint density at radius 2 is 2.11 bits per heavy atom. The minimum absolute atomic E-state index is 0.0269. The fourth-order valence-corrected chi connectivity index (χ4v) is 3.12. The Morgan fingerprint density at radius 3 is 2.61 bits per heavy atom. The molecule has 0 aromatic rings. The Kier molecular flexibility index (Phi) is 4.91. The van der Waals surface area contributed by atoms with Crippen LogP contribution in [-0.2, 0) is 14.8 Å². The molecule has 106 valence electrons. The molecule has 1 fully saturated rings. The van der Waals surface area contributed by atoms with Crippen molar-refractivity contribution in [3.8, 4) is 0 Å². The fourth-order valence-electron chi connectivity index (χ4n) is 2.17. The zero-order valence-corrected chi connectivity index (χ0v) is 12.2. The van der Waals surface area contributed by atoms with E-state index in [1.807, 2.05) is 0 Å². The maximum Gasteiger partial charge on any atom is 0.211 e. The van der Waals surface area contributed by atoms with Crippen molar-refractivity contribution in [3.05, 3.63) is 0 Å². The van der Waals surface area contributed by atoms with Crippen LogP contribution in [-0.4, -0.2) is 48.6 Å². The van der Waals surface area contributed by atoms with Gasteiger partial charge in [0.25, 0.3) is 0 Å². The number of sulfonamides is 1. The van der Waals surface area contributed by atoms with Gasteiger partial charge < -0.3 is 5.11 Å². The number of nitrogens with zero attached hydrogens (tertiary/aromatic N) is 1. The van der Waals surface area contributed by atoms with Gasteiger partial charge >= 0.3 is 0 Å². The Morgan fingerprint density at radius 1 is 1.50 bits per heavy atom. The van der Waals surface area contributed by atoms with Gasteiger partial charge in [-0.25, -0.2) is 12.7 Å². The third-order valence-electron chi connectivity index (χ3n) is 3.71. The lowest BCUT2D eigenvalue weighted by molar-refractivity contribution is -0.137. The van der Waals surface area contributed by atoms with Crippen molar-refractivity contribution in [1.82, 2.24) is 4.31 Å². The number of hydrogen-bond acceptors (Lipinski definition) is 4. The molecule has 0 aromatic carbocycles. The molecule has 1 saturated heterocycles. The minimum atomic E-state index is -3.18. The lowest BCUT2D eigenvalue weighted by Crippen LogP contribution is -2.42. The molecule has 0 spiro atoms. The summed E-state index contributed by atoms with van der Waals surface area (Å²) in [4.78, 5) is 11.9. The molecule has 2 atom stereocenters. The van der Waals surface area contributed by atoms with Gasteiger partial charge in [0.1, 0.15) is 5.60 Å². The summed E-state index contributed by atoms with van der Waals surface area (Å²) in [5, 5.41) is 9.87. The molecule has 2 unspecified atom stereocenters. The van der Waals surface area contributed by atoms with E-state index in [2.05, 4.69) is 0 Å². The van der Waals surface area contributed by atoms with Crippen molar-refractivity contribution < 1.29 is 18.3 Å². The normalized spacial score (nSPS) is 25.7. The molecule has 0 aromatic heterocycles. The van der Waals surface area contributed by atoms with Gasteiger partial charge in [0.05, 0.1) is 6.26 Å².